The first-order chi connectivity index (χ1) is 33.2. The first kappa shape index (κ1) is 18.1. The van der Waals surface area contributed by atoms with Crippen molar-refractivity contribution in [2.24, 2.45) is 0 Å². The third-order valence-corrected chi connectivity index (χ3v) is 10.1. The summed E-state index contributed by atoms with van der Waals surface area (Å²) < 4.78 is 159. The summed E-state index contributed by atoms with van der Waals surface area (Å²) in [5.41, 5.74) is -4.03. The van der Waals surface area contributed by atoms with E-state index in [9.17, 15) is 5.48 Å². The predicted octanol–water partition coefficient (Wildman–Crippen LogP) is 12.4. The van der Waals surface area contributed by atoms with Gasteiger partial charge in [-0.3, -0.25) is 4.57 Å². The monoisotopic (exact) mass is 710 g/mol. The van der Waals surface area contributed by atoms with Crippen LogP contribution >= 0.6 is 0 Å². The predicted molar refractivity (Wildman–Crippen MR) is 217 cm³/mol. The van der Waals surface area contributed by atoms with Crippen molar-refractivity contribution in [3.05, 3.63) is 156 Å². The summed E-state index contributed by atoms with van der Waals surface area (Å²) in [7, 11) is 0. The van der Waals surface area contributed by atoms with Crippen LogP contribution < -0.4 is 0 Å². The smallest absolute Gasteiger partial charge is 0.238 e. The lowest BCUT2D eigenvalue weighted by Crippen LogP contribution is -2.15. The van der Waals surface area contributed by atoms with Gasteiger partial charge in [0.2, 0.25) is 5.95 Å². The Labute approximate surface area is 331 Å². The molecule has 4 aromatic heterocycles. The molecule has 0 aliphatic heterocycles. The van der Waals surface area contributed by atoms with Gasteiger partial charge in [0.15, 0.2) is 11.6 Å². The van der Waals surface area contributed by atoms with Crippen LogP contribution in [0.3, 0.4) is 0 Å². The van der Waals surface area contributed by atoms with Gasteiger partial charge in [0, 0.05) is 57.1 Å². The Hall–Kier alpha value is -7.05. The van der Waals surface area contributed by atoms with E-state index in [0.29, 0.717) is 38.8 Å². The highest BCUT2D eigenvalue weighted by atomic mass is 16.3. The average molecular weight is 711 g/mol. The molecule has 0 spiro atoms. The molecule has 6 heteroatoms. The molecular formula is C48H30N4O2. The van der Waals surface area contributed by atoms with E-state index < -0.39 is 107 Å². The van der Waals surface area contributed by atoms with Gasteiger partial charge in [-0.1, -0.05) is 98.5 Å². The van der Waals surface area contributed by atoms with E-state index in [0.717, 1.165) is 20.7 Å². The van der Waals surface area contributed by atoms with Gasteiger partial charge < -0.3 is 8.83 Å². The number of benzene rings is 7. The number of furan rings is 2. The lowest BCUT2D eigenvalue weighted by atomic mass is 9.82. The molecule has 1 aliphatic carbocycles. The maximum atomic E-state index is 10.1. The third-order valence-electron chi connectivity index (χ3n) is 10.1. The van der Waals surface area contributed by atoms with E-state index in [4.69, 9.17) is 40.2 Å². The first-order valence-corrected chi connectivity index (χ1v) is 17.0. The van der Waals surface area contributed by atoms with Gasteiger partial charge in [-0.15, -0.1) is 0 Å². The molecule has 11 aromatic rings. The Morgan fingerprint density at radius 3 is 2.04 bits per heavy atom. The van der Waals surface area contributed by atoms with Gasteiger partial charge in [0.1, 0.15) is 22.3 Å². The van der Waals surface area contributed by atoms with Crippen LogP contribution in [-0.4, -0.2) is 19.5 Å². The van der Waals surface area contributed by atoms with Crippen molar-refractivity contribution in [2.75, 3.05) is 0 Å². The fourth-order valence-electron chi connectivity index (χ4n) is 7.63. The van der Waals surface area contributed by atoms with Gasteiger partial charge in [-0.2, -0.15) is 9.97 Å². The average Bonchev–Trinajstić information content (AvgIpc) is 4.10. The van der Waals surface area contributed by atoms with Crippen LogP contribution in [0.25, 0.3) is 106 Å². The Bertz CT molecular complexity index is 4180. The minimum Gasteiger partial charge on any atom is -0.456 e. The molecule has 0 radical (unpaired) electrons. The number of nitrogens with zero attached hydrogens (tertiary/aromatic N) is 4. The van der Waals surface area contributed by atoms with Crippen LogP contribution in [0.2, 0.25) is 0 Å². The molecule has 6 nitrogen and oxygen atoms in total. The zero-order valence-electron chi connectivity index (χ0n) is 43.7. The summed E-state index contributed by atoms with van der Waals surface area (Å²) in [6.07, 6.45) is 0. The van der Waals surface area contributed by atoms with Gasteiger partial charge in [0.25, 0.3) is 0 Å². The van der Waals surface area contributed by atoms with Crippen LogP contribution in [0.1, 0.15) is 46.8 Å². The van der Waals surface area contributed by atoms with E-state index in [1.807, 2.05) is 54.6 Å². The molecule has 4 heterocycles. The van der Waals surface area contributed by atoms with Gasteiger partial charge in [0.05, 0.1) is 24.7 Å². The van der Waals surface area contributed by atoms with Crippen LogP contribution in [-0.2, 0) is 5.41 Å². The summed E-state index contributed by atoms with van der Waals surface area (Å²) in [6, 6.07) is 17.3. The summed E-state index contributed by atoms with van der Waals surface area (Å²) in [6.45, 7) is -7.35. The molecular weight excluding hydrogens is 665 g/mol. The highest BCUT2D eigenvalue weighted by Crippen LogP contribution is 2.51. The van der Waals surface area contributed by atoms with E-state index >= 15 is 0 Å². The molecule has 0 unspecified atom stereocenters. The summed E-state index contributed by atoms with van der Waals surface area (Å²) in [5, 5.41) is 2.40. The van der Waals surface area contributed by atoms with Crippen molar-refractivity contribution in [3.8, 4) is 39.9 Å². The van der Waals surface area contributed by atoms with Crippen LogP contribution in [0.5, 0.6) is 0 Å². The Balaban J connectivity index is 1.27. The normalized spacial score (nSPS) is 18.2. The zero-order chi connectivity index (χ0) is 49.4. The minimum absolute atomic E-state index is 0.00418. The first-order valence-electron chi connectivity index (χ1n) is 25.0. The Morgan fingerprint density at radius 2 is 1.20 bits per heavy atom. The van der Waals surface area contributed by atoms with Gasteiger partial charge >= 0.3 is 0 Å². The lowest BCUT2D eigenvalue weighted by Gasteiger charge is -2.21. The third kappa shape index (κ3) is 4.02. The topological polar surface area (TPSA) is 69.9 Å². The maximum absolute atomic E-state index is 10.1. The van der Waals surface area contributed by atoms with Crippen molar-refractivity contribution in [1.82, 2.24) is 19.5 Å². The molecule has 0 N–H and O–H groups in total. The lowest BCUT2D eigenvalue weighted by molar-refractivity contribution is 0.661. The van der Waals surface area contributed by atoms with E-state index in [-0.39, 0.29) is 33.9 Å². The molecule has 0 bridgehead atoms. The van der Waals surface area contributed by atoms with Crippen molar-refractivity contribution in [3.63, 3.8) is 0 Å². The maximum Gasteiger partial charge on any atom is 0.238 e. The number of hydrogen-bond donors (Lipinski definition) is 0. The number of para-hydroxylation sites is 3. The largest absolute Gasteiger partial charge is 0.456 e. The molecule has 54 heavy (non-hydrogen) atoms. The minimum atomic E-state index is -3.67. The second kappa shape index (κ2) is 10.5. The van der Waals surface area contributed by atoms with Crippen LogP contribution in [0, 0.1) is 0 Å². The second-order valence-corrected chi connectivity index (χ2v) is 13.2. The molecule has 7 aromatic carbocycles. The van der Waals surface area contributed by atoms with E-state index in [1.54, 1.807) is 30.3 Å². The summed E-state index contributed by atoms with van der Waals surface area (Å²) in [5.74, 6) is -0.362. The quantitative estimate of drug-likeness (QED) is 0.183. The summed E-state index contributed by atoms with van der Waals surface area (Å²) in [4.78, 5) is 14.7. The molecule has 254 valence electrons. The van der Waals surface area contributed by atoms with Crippen molar-refractivity contribution in [1.29, 1.82) is 0 Å². The molecule has 12 rings (SSSR count). The van der Waals surface area contributed by atoms with Crippen LogP contribution in [0.4, 0.5) is 0 Å². The SMILES string of the molecule is [2H]c1c([2H])c([2H])c2c(c1[2H])-c1c(c([2H])c3c(c1[2H])c1c([2H])c([2H])c([2H])c([2H])c1n3-c1nc(-c3ccc4c(c3)oc3ccccc34)nc(-c3ccc4oc5ccccc5c4c3)n1)C2(C([2H])([2H])[2H])C([2H])([2H])[2H]. The molecule has 0 saturated carbocycles. The molecule has 0 atom stereocenters. The molecule has 0 amide bonds. The zero-order valence-corrected chi connectivity index (χ0v) is 27.7. The van der Waals surface area contributed by atoms with Crippen molar-refractivity contribution < 1.29 is 30.8 Å². The highest BCUT2D eigenvalue weighted by Gasteiger charge is 2.36. The highest BCUT2D eigenvalue weighted by molar-refractivity contribution is 6.12. The fraction of sp³-hybridized carbons (Fsp3) is 0.0625. The number of hydrogen-bond acceptors (Lipinski definition) is 5. The molecule has 0 saturated heterocycles. The second-order valence-electron chi connectivity index (χ2n) is 13.2. The van der Waals surface area contributed by atoms with Crippen molar-refractivity contribution >= 4 is 65.7 Å². The molecule has 1 aliphatic rings. The standard InChI is InChI=1S/C48H30N4O2/c1-48(2)37-15-7-3-11-29(37)34-25-35-30-12-4-8-16-39(30)52(40(35)26-38(34)48)47-50-45(27-20-22-43-36(23-27)32-14-6-10-18-42(32)53-43)49-46(51-47)28-19-21-33-31-13-5-9-17-41(31)54-44(33)24-28/h3-26H,1-2H3/i1D3,2D3,3D,4D,7D,8D,11D,12D,15D,16D,25D,26D. The van der Waals surface area contributed by atoms with E-state index in [2.05, 4.69) is 0 Å². The number of aromatic nitrogens is 4. The number of fused-ring (bicyclic) bond motifs is 12. The van der Waals surface area contributed by atoms with Gasteiger partial charge in [-0.25, -0.2) is 4.98 Å². The summed E-state index contributed by atoms with van der Waals surface area (Å²) >= 11 is 0. The number of rotatable bonds is 3. The Kier molecular flexibility index (Phi) is 3.53. The van der Waals surface area contributed by atoms with Crippen LogP contribution in [0.15, 0.2) is 154 Å². The molecule has 0 fully saturated rings. The van der Waals surface area contributed by atoms with Gasteiger partial charge in [-0.05, 0) is 82.8 Å². The van der Waals surface area contributed by atoms with E-state index in [1.165, 1.54) is 0 Å². The Morgan fingerprint density at radius 1 is 0.537 bits per heavy atom. The van der Waals surface area contributed by atoms with Crippen molar-refractivity contribution in [2.45, 2.75) is 19.1 Å². The fourth-order valence-corrected chi connectivity index (χ4v) is 7.63.